The summed E-state index contributed by atoms with van der Waals surface area (Å²) in [5.41, 5.74) is 1.11. The number of piperazine rings is 1. The van der Waals surface area contributed by atoms with Gasteiger partial charge in [-0.1, -0.05) is 30.3 Å². The molecule has 8 nitrogen and oxygen atoms in total. The van der Waals surface area contributed by atoms with Crippen molar-refractivity contribution >= 4 is 23.6 Å². The lowest BCUT2D eigenvalue weighted by molar-refractivity contribution is -0.144. The average Bonchev–Trinajstić information content (AvgIpc) is 3.04. The van der Waals surface area contributed by atoms with Gasteiger partial charge in [-0.05, 0) is 29.7 Å². The highest BCUT2D eigenvalue weighted by molar-refractivity contribution is 6.10. The van der Waals surface area contributed by atoms with Crippen LogP contribution < -0.4 is 0 Å². The molecular formula is C25H28N4O4. The molecule has 0 bridgehead atoms. The number of carbonyl (C=O) groups is 4. The summed E-state index contributed by atoms with van der Waals surface area (Å²) in [5, 5.41) is 0. The van der Waals surface area contributed by atoms with Gasteiger partial charge in [0.25, 0.3) is 0 Å². The van der Waals surface area contributed by atoms with E-state index in [1.807, 2.05) is 37.3 Å². The predicted molar refractivity (Wildman–Crippen MR) is 121 cm³/mol. The molecule has 2 aliphatic rings. The topological polar surface area (TPSA) is 90.9 Å². The maximum Gasteiger partial charge on any atom is 0.241 e. The number of aromatic nitrogens is 1. The Labute approximate surface area is 193 Å². The molecule has 1 aromatic heterocycles. The zero-order valence-electron chi connectivity index (χ0n) is 19.0. The zero-order chi connectivity index (χ0) is 23.6. The molecule has 172 valence electrons. The minimum atomic E-state index is -1.24. The first-order chi connectivity index (χ1) is 15.8. The molecule has 2 aliphatic heterocycles. The maximum atomic E-state index is 13.8. The van der Waals surface area contributed by atoms with Gasteiger partial charge < -0.3 is 9.80 Å². The monoisotopic (exact) mass is 448 g/mol. The minimum Gasteiger partial charge on any atom is -0.339 e. The van der Waals surface area contributed by atoms with E-state index in [2.05, 4.69) is 4.98 Å². The third kappa shape index (κ3) is 4.37. The number of hydrogen-bond acceptors (Lipinski definition) is 5. The van der Waals surface area contributed by atoms with Gasteiger partial charge in [-0.25, -0.2) is 0 Å². The van der Waals surface area contributed by atoms with Crippen LogP contribution in [0.3, 0.4) is 0 Å². The van der Waals surface area contributed by atoms with E-state index >= 15 is 0 Å². The summed E-state index contributed by atoms with van der Waals surface area (Å²) in [6, 6.07) is 11.0. The van der Waals surface area contributed by atoms with E-state index in [9.17, 15) is 19.2 Å². The number of pyridine rings is 1. The second kappa shape index (κ2) is 9.13. The Morgan fingerprint density at radius 2 is 1.70 bits per heavy atom. The van der Waals surface area contributed by atoms with Crippen LogP contribution in [0.5, 0.6) is 0 Å². The van der Waals surface area contributed by atoms with Crippen molar-refractivity contribution < 1.29 is 19.2 Å². The Balaban J connectivity index is 1.62. The molecular weight excluding hydrogens is 420 g/mol. The van der Waals surface area contributed by atoms with E-state index in [1.54, 1.807) is 28.3 Å². The van der Waals surface area contributed by atoms with Crippen LogP contribution in [0.25, 0.3) is 0 Å². The van der Waals surface area contributed by atoms with Gasteiger partial charge >= 0.3 is 0 Å². The Kier molecular flexibility index (Phi) is 6.26. The normalized spacial score (nSPS) is 21.0. The van der Waals surface area contributed by atoms with Crippen LogP contribution in [0.1, 0.15) is 36.5 Å². The molecule has 1 atom stereocenters. The van der Waals surface area contributed by atoms with E-state index in [0.29, 0.717) is 31.7 Å². The number of nitrogens with zero attached hydrogens (tertiary/aromatic N) is 4. The van der Waals surface area contributed by atoms with Gasteiger partial charge in [0.05, 0.1) is 12.0 Å². The zero-order valence-corrected chi connectivity index (χ0v) is 19.0. The number of benzene rings is 1. The third-order valence-electron chi connectivity index (χ3n) is 6.66. The standard InChI is InChI=1S/C25H28N4O4/c1-18-6-3-4-8-21(18)25(14-22(31)28-12-10-27(11-13-28)19(2)30)15-23(32)29(24(25)33)17-20-7-5-9-26-16-20/h3-9,16H,10-15,17H2,1-2H3/t25-/m0/s1. The number of amides is 4. The lowest BCUT2D eigenvalue weighted by atomic mass is 9.74. The van der Waals surface area contributed by atoms with Crippen LogP contribution >= 0.6 is 0 Å². The Morgan fingerprint density at radius 3 is 2.33 bits per heavy atom. The molecule has 4 amide bonds. The SMILES string of the molecule is CC(=O)N1CCN(C(=O)C[C@@]2(c3ccccc3C)CC(=O)N(Cc3cccnc3)C2=O)CC1. The van der Waals surface area contributed by atoms with Crippen LogP contribution in [0.15, 0.2) is 48.8 Å². The summed E-state index contributed by atoms with van der Waals surface area (Å²) >= 11 is 0. The van der Waals surface area contributed by atoms with Crippen molar-refractivity contribution in [3.05, 3.63) is 65.5 Å². The first-order valence-corrected chi connectivity index (χ1v) is 11.1. The fourth-order valence-electron chi connectivity index (χ4n) is 4.83. The van der Waals surface area contributed by atoms with Crippen molar-refractivity contribution in [2.45, 2.75) is 38.6 Å². The first kappa shape index (κ1) is 22.6. The predicted octanol–water partition coefficient (Wildman–Crippen LogP) is 1.67. The van der Waals surface area contributed by atoms with Crippen LogP contribution in [0, 0.1) is 6.92 Å². The lowest BCUT2D eigenvalue weighted by Gasteiger charge is -2.36. The summed E-state index contributed by atoms with van der Waals surface area (Å²) in [6.45, 7) is 5.33. The maximum absolute atomic E-state index is 13.8. The van der Waals surface area contributed by atoms with E-state index in [1.165, 1.54) is 11.8 Å². The van der Waals surface area contributed by atoms with Gasteiger partial charge in [0.1, 0.15) is 0 Å². The molecule has 2 fully saturated rings. The van der Waals surface area contributed by atoms with Crippen molar-refractivity contribution in [2.75, 3.05) is 26.2 Å². The molecule has 3 heterocycles. The highest BCUT2D eigenvalue weighted by Gasteiger charge is 2.54. The molecule has 1 aromatic carbocycles. The number of aryl methyl sites for hydroxylation is 1. The molecule has 0 N–H and O–H groups in total. The smallest absolute Gasteiger partial charge is 0.241 e. The molecule has 4 rings (SSSR count). The summed E-state index contributed by atoms with van der Waals surface area (Å²) < 4.78 is 0. The van der Waals surface area contributed by atoms with E-state index < -0.39 is 5.41 Å². The molecule has 0 aliphatic carbocycles. The number of carbonyl (C=O) groups excluding carboxylic acids is 4. The number of rotatable bonds is 5. The Hall–Kier alpha value is -3.55. The van der Waals surface area contributed by atoms with Crippen molar-refractivity contribution in [1.29, 1.82) is 0 Å². The summed E-state index contributed by atoms with van der Waals surface area (Å²) in [6.07, 6.45) is 3.15. The van der Waals surface area contributed by atoms with E-state index in [0.717, 1.165) is 11.1 Å². The van der Waals surface area contributed by atoms with Gasteiger partial charge in [0.2, 0.25) is 23.6 Å². The van der Waals surface area contributed by atoms with Crippen molar-refractivity contribution in [2.24, 2.45) is 0 Å². The van der Waals surface area contributed by atoms with Crippen LogP contribution in [0.2, 0.25) is 0 Å². The van der Waals surface area contributed by atoms with Crippen molar-refractivity contribution in [3.63, 3.8) is 0 Å². The fourth-order valence-corrected chi connectivity index (χ4v) is 4.83. The first-order valence-electron chi connectivity index (χ1n) is 11.1. The summed E-state index contributed by atoms with van der Waals surface area (Å²) in [5.74, 6) is -0.824. The molecule has 2 saturated heterocycles. The lowest BCUT2D eigenvalue weighted by Crippen LogP contribution is -2.52. The molecule has 0 saturated carbocycles. The molecule has 2 aromatic rings. The van der Waals surface area contributed by atoms with Gasteiger partial charge in [0, 0.05) is 58.3 Å². The molecule has 0 unspecified atom stereocenters. The van der Waals surface area contributed by atoms with Crippen LogP contribution in [-0.4, -0.2) is 69.5 Å². The second-order valence-corrected chi connectivity index (χ2v) is 8.78. The molecule has 8 heteroatoms. The average molecular weight is 449 g/mol. The van der Waals surface area contributed by atoms with E-state index in [-0.39, 0.29) is 43.0 Å². The fraction of sp³-hybridized carbons (Fsp3) is 0.400. The number of likely N-dealkylation sites (tertiary alicyclic amines) is 1. The summed E-state index contributed by atoms with van der Waals surface area (Å²) in [4.78, 5) is 60.6. The quantitative estimate of drug-likeness (QED) is 0.649. The molecule has 0 spiro atoms. The highest BCUT2D eigenvalue weighted by atomic mass is 16.2. The summed E-state index contributed by atoms with van der Waals surface area (Å²) in [7, 11) is 0. The van der Waals surface area contributed by atoms with Gasteiger partial charge in [0.15, 0.2) is 0 Å². The van der Waals surface area contributed by atoms with Gasteiger partial charge in [-0.2, -0.15) is 0 Å². The van der Waals surface area contributed by atoms with Gasteiger partial charge in [-0.15, -0.1) is 0 Å². The number of hydrogen-bond donors (Lipinski definition) is 0. The van der Waals surface area contributed by atoms with Gasteiger partial charge in [-0.3, -0.25) is 29.1 Å². The second-order valence-electron chi connectivity index (χ2n) is 8.78. The largest absolute Gasteiger partial charge is 0.339 e. The van der Waals surface area contributed by atoms with Crippen molar-refractivity contribution in [1.82, 2.24) is 19.7 Å². The molecule has 0 radical (unpaired) electrons. The Morgan fingerprint density at radius 1 is 1.00 bits per heavy atom. The number of imide groups is 1. The third-order valence-corrected chi connectivity index (χ3v) is 6.66. The van der Waals surface area contributed by atoms with Crippen molar-refractivity contribution in [3.8, 4) is 0 Å². The highest BCUT2D eigenvalue weighted by Crippen LogP contribution is 2.42. The minimum absolute atomic E-state index is 0.0129. The van der Waals surface area contributed by atoms with Crippen LogP contribution in [-0.2, 0) is 31.1 Å². The molecule has 33 heavy (non-hydrogen) atoms. The van der Waals surface area contributed by atoms with Crippen LogP contribution in [0.4, 0.5) is 0 Å². The van der Waals surface area contributed by atoms with E-state index in [4.69, 9.17) is 0 Å². The Bertz CT molecular complexity index is 1080.